The number of aldehydes is 1. The summed E-state index contributed by atoms with van der Waals surface area (Å²) in [6.45, 7) is 0. The summed E-state index contributed by atoms with van der Waals surface area (Å²) in [6, 6.07) is 0. The van der Waals surface area contributed by atoms with Crippen LogP contribution in [0.25, 0.3) is 0 Å². The molecule has 0 N–H and O–H groups in total. The number of nitrogens with zero attached hydrogens (tertiary/aromatic N) is 2. The molecule has 0 aliphatic carbocycles. The molecule has 0 aromatic carbocycles. The molecule has 1 aromatic rings. The van der Waals surface area contributed by atoms with Gasteiger partial charge in [0.1, 0.15) is 6.33 Å². The van der Waals surface area contributed by atoms with Gasteiger partial charge in [0.05, 0.1) is 12.7 Å². The molecule has 0 saturated carbocycles. The number of methoxy groups -OCH3 is 1. The van der Waals surface area contributed by atoms with Crippen molar-refractivity contribution in [2.45, 2.75) is 0 Å². The first-order chi connectivity index (χ1) is 5.79. The van der Waals surface area contributed by atoms with Crippen LogP contribution in [0.3, 0.4) is 0 Å². The summed E-state index contributed by atoms with van der Waals surface area (Å²) in [4.78, 5) is 28.5. The third-order valence-electron chi connectivity index (χ3n) is 1.25. The molecule has 5 nitrogen and oxygen atoms in total. The zero-order valence-corrected chi connectivity index (χ0v) is 6.35. The van der Waals surface area contributed by atoms with Crippen molar-refractivity contribution >= 4 is 12.3 Å². The van der Waals surface area contributed by atoms with E-state index >= 15 is 0 Å². The highest BCUT2D eigenvalue weighted by molar-refractivity contribution is 5.95. The first-order valence-electron chi connectivity index (χ1n) is 3.13. The molecule has 0 spiro atoms. The molecule has 0 unspecified atom stereocenters. The summed E-state index contributed by atoms with van der Waals surface area (Å²) in [6.07, 6.45) is 2.94. The van der Waals surface area contributed by atoms with Crippen LogP contribution in [0.4, 0.5) is 0 Å². The van der Waals surface area contributed by atoms with E-state index in [9.17, 15) is 9.59 Å². The minimum Gasteiger partial charge on any atom is -0.464 e. The molecule has 1 aromatic heterocycles. The third kappa shape index (κ3) is 1.45. The zero-order chi connectivity index (χ0) is 8.97. The van der Waals surface area contributed by atoms with Crippen molar-refractivity contribution in [3.05, 3.63) is 23.8 Å². The van der Waals surface area contributed by atoms with E-state index < -0.39 is 5.97 Å². The van der Waals surface area contributed by atoms with Crippen LogP contribution in [0.5, 0.6) is 0 Å². The quantitative estimate of drug-likeness (QED) is 0.459. The van der Waals surface area contributed by atoms with Gasteiger partial charge >= 0.3 is 5.97 Å². The highest BCUT2D eigenvalue weighted by Gasteiger charge is 2.11. The number of hydrogen-bond donors (Lipinski definition) is 0. The van der Waals surface area contributed by atoms with E-state index in [-0.39, 0.29) is 11.3 Å². The Morgan fingerprint density at radius 2 is 2.42 bits per heavy atom. The number of ether oxygens (including phenoxy) is 1. The van der Waals surface area contributed by atoms with Crippen molar-refractivity contribution in [3.8, 4) is 0 Å². The summed E-state index contributed by atoms with van der Waals surface area (Å²) >= 11 is 0. The molecule has 1 heterocycles. The Bertz CT molecular complexity index is 311. The van der Waals surface area contributed by atoms with Gasteiger partial charge in [-0.2, -0.15) is 0 Å². The molecular weight excluding hydrogens is 160 g/mol. The topological polar surface area (TPSA) is 69.2 Å². The Hall–Kier alpha value is -1.78. The number of carbonyl (C=O) groups is 2. The number of rotatable bonds is 2. The Morgan fingerprint density at radius 3 is 3.00 bits per heavy atom. The van der Waals surface area contributed by atoms with Crippen LogP contribution in [-0.2, 0) is 4.74 Å². The third-order valence-corrected chi connectivity index (χ3v) is 1.25. The van der Waals surface area contributed by atoms with Gasteiger partial charge in [-0.3, -0.25) is 4.79 Å². The van der Waals surface area contributed by atoms with E-state index in [1.165, 1.54) is 19.6 Å². The normalized spacial score (nSPS) is 9.08. The zero-order valence-electron chi connectivity index (χ0n) is 6.35. The molecule has 0 aliphatic heterocycles. The summed E-state index contributed by atoms with van der Waals surface area (Å²) in [5.41, 5.74) is 0.117. The average molecular weight is 166 g/mol. The number of carbonyl (C=O) groups excluding carboxylic acids is 2. The second kappa shape index (κ2) is 3.56. The van der Waals surface area contributed by atoms with Crippen LogP contribution >= 0.6 is 0 Å². The minimum atomic E-state index is -0.639. The van der Waals surface area contributed by atoms with Gasteiger partial charge in [-0.05, 0) is 0 Å². The maximum Gasteiger partial charge on any atom is 0.357 e. The average Bonchev–Trinajstić information content (AvgIpc) is 2.16. The van der Waals surface area contributed by atoms with E-state index in [1.807, 2.05) is 0 Å². The first kappa shape index (κ1) is 8.32. The van der Waals surface area contributed by atoms with Gasteiger partial charge in [0.15, 0.2) is 12.0 Å². The van der Waals surface area contributed by atoms with Gasteiger partial charge in [0.25, 0.3) is 0 Å². The lowest BCUT2D eigenvalue weighted by Crippen LogP contribution is -2.08. The molecule has 5 heteroatoms. The van der Waals surface area contributed by atoms with Gasteiger partial charge in [0.2, 0.25) is 0 Å². The molecule has 0 saturated heterocycles. The molecule has 0 amide bonds. The lowest BCUT2D eigenvalue weighted by molar-refractivity contribution is 0.0591. The maximum atomic E-state index is 10.9. The van der Waals surface area contributed by atoms with E-state index in [1.54, 1.807) is 0 Å². The van der Waals surface area contributed by atoms with Crippen LogP contribution < -0.4 is 0 Å². The predicted molar refractivity (Wildman–Crippen MR) is 38.8 cm³/mol. The fourth-order valence-corrected chi connectivity index (χ4v) is 0.694. The van der Waals surface area contributed by atoms with E-state index in [0.717, 1.165) is 0 Å². The van der Waals surface area contributed by atoms with Crippen LogP contribution in [-0.4, -0.2) is 29.3 Å². The van der Waals surface area contributed by atoms with Gasteiger partial charge in [-0.1, -0.05) is 0 Å². The fourth-order valence-electron chi connectivity index (χ4n) is 0.694. The molecule has 1 rings (SSSR count). The molecule has 0 bridgehead atoms. The van der Waals surface area contributed by atoms with Crippen LogP contribution in [0.2, 0.25) is 0 Å². The lowest BCUT2D eigenvalue weighted by atomic mass is 10.2. The van der Waals surface area contributed by atoms with Crippen LogP contribution in [0.1, 0.15) is 20.8 Å². The molecular formula is C7H6N2O3. The SMILES string of the molecule is COC(=O)c1ncncc1C=O. The van der Waals surface area contributed by atoms with Crippen molar-refractivity contribution in [2.75, 3.05) is 7.11 Å². The second-order valence-corrected chi connectivity index (χ2v) is 1.94. The van der Waals surface area contributed by atoms with E-state index in [4.69, 9.17) is 0 Å². The van der Waals surface area contributed by atoms with E-state index in [2.05, 4.69) is 14.7 Å². The van der Waals surface area contributed by atoms with Crippen molar-refractivity contribution in [1.29, 1.82) is 0 Å². The molecule has 0 aliphatic rings. The summed E-state index contributed by atoms with van der Waals surface area (Å²) in [7, 11) is 1.22. The molecule has 0 radical (unpaired) electrons. The smallest absolute Gasteiger partial charge is 0.357 e. The molecule has 12 heavy (non-hydrogen) atoms. The number of aromatic nitrogens is 2. The van der Waals surface area contributed by atoms with Gasteiger partial charge in [-0.25, -0.2) is 14.8 Å². The number of esters is 1. The van der Waals surface area contributed by atoms with Crippen LogP contribution in [0.15, 0.2) is 12.5 Å². The Balaban J connectivity index is 3.13. The highest BCUT2D eigenvalue weighted by Crippen LogP contribution is 2.01. The van der Waals surface area contributed by atoms with E-state index in [0.29, 0.717) is 6.29 Å². The molecule has 0 fully saturated rings. The van der Waals surface area contributed by atoms with Gasteiger partial charge in [0, 0.05) is 6.20 Å². The van der Waals surface area contributed by atoms with Crippen molar-refractivity contribution in [2.24, 2.45) is 0 Å². The monoisotopic (exact) mass is 166 g/mol. The largest absolute Gasteiger partial charge is 0.464 e. The predicted octanol–water partition coefficient (Wildman–Crippen LogP) is 0.0757. The Labute approximate surface area is 68.4 Å². The van der Waals surface area contributed by atoms with Gasteiger partial charge < -0.3 is 4.74 Å². The van der Waals surface area contributed by atoms with Crippen LogP contribution in [0, 0.1) is 0 Å². The standard InChI is InChI=1S/C7H6N2O3/c1-12-7(11)6-5(3-10)2-8-4-9-6/h2-4H,1H3. The Morgan fingerprint density at radius 1 is 1.67 bits per heavy atom. The van der Waals surface area contributed by atoms with Gasteiger partial charge in [-0.15, -0.1) is 0 Å². The fraction of sp³-hybridized carbons (Fsp3) is 0.143. The van der Waals surface area contributed by atoms with Crippen molar-refractivity contribution < 1.29 is 14.3 Å². The second-order valence-electron chi connectivity index (χ2n) is 1.94. The lowest BCUT2D eigenvalue weighted by Gasteiger charge is -1.98. The van der Waals surface area contributed by atoms with Crippen molar-refractivity contribution in [1.82, 2.24) is 9.97 Å². The molecule has 62 valence electrons. The summed E-state index contributed by atoms with van der Waals surface area (Å²) in [5, 5.41) is 0. The summed E-state index contributed by atoms with van der Waals surface area (Å²) in [5.74, 6) is -0.639. The minimum absolute atomic E-state index is 0.0116. The van der Waals surface area contributed by atoms with Crippen molar-refractivity contribution in [3.63, 3.8) is 0 Å². The maximum absolute atomic E-state index is 10.9. The number of hydrogen-bond acceptors (Lipinski definition) is 5. The summed E-state index contributed by atoms with van der Waals surface area (Å²) < 4.78 is 4.39. The molecule has 0 atom stereocenters. The highest BCUT2D eigenvalue weighted by atomic mass is 16.5. The first-order valence-corrected chi connectivity index (χ1v) is 3.13. The Kier molecular flexibility index (Phi) is 2.47.